The topological polar surface area (TPSA) is 56.8 Å². The van der Waals surface area contributed by atoms with Crippen LogP contribution >= 0.6 is 0 Å². The number of nitrogens with one attached hydrogen (secondary N) is 1. The molecule has 0 aliphatic rings. The molecule has 1 amide bonds. The Bertz CT molecular complexity index is 885. The van der Waals surface area contributed by atoms with E-state index in [0.717, 1.165) is 16.9 Å². The van der Waals surface area contributed by atoms with Crippen LogP contribution < -0.4 is 19.5 Å². The van der Waals surface area contributed by atoms with Gasteiger partial charge in [-0.15, -0.1) is 0 Å². The van der Waals surface area contributed by atoms with E-state index in [1.165, 1.54) is 0 Å². The third-order valence-corrected chi connectivity index (χ3v) is 4.23. The molecule has 0 saturated heterocycles. The van der Waals surface area contributed by atoms with Crippen LogP contribution in [-0.2, 0) is 13.2 Å². The molecular formula is C23H23NO4. The molecule has 0 aliphatic carbocycles. The van der Waals surface area contributed by atoms with Gasteiger partial charge in [0.1, 0.15) is 23.9 Å². The Hall–Kier alpha value is -3.47. The molecule has 3 aromatic rings. The maximum atomic E-state index is 12.4. The predicted octanol–water partition coefficient (Wildman–Crippen LogP) is 4.21. The first kappa shape index (κ1) is 19.3. The number of rotatable bonds is 8. The van der Waals surface area contributed by atoms with Crippen molar-refractivity contribution in [1.82, 2.24) is 5.32 Å². The molecule has 0 spiro atoms. The Morgan fingerprint density at radius 2 is 1.43 bits per heavy atom. The second-order valence-electron chi connectivity index (χ2n) is 6.20. The third kappa shape index (κ3) is 5.27. The zero-order valence-corrected chi connectivity index (χ0v) is 16.0. The Labute approximate surface area is 164 Å². The van der Waals surface area contributed by atoms with E-state index < -0.39 is 0 Å². The summed E-state index contributed by atoms with van der Waals surface area (Å²) in [5.41, 5.74) is 2.56. The number of methoxy groups -OCH3 is 2. The lowest BCUT2D eigenvalue weighted by atomic mass is 10.1. The molecule has 0 atom stereocenters. The van der Waals surface area contributed by atoms with Crippen molar-refractivity contribution in [3.63, 3.8) is 0 Å². The molecule has 0 fully saturated rings. The molecule has 0 aromatic heterocycles. The third-order valence-electron chi connectivity index (χ3n) is 4.23. The molecule has 3 aromatic carbocycles. The molecular weight excluding hydrogens is 354 g/mol. The summed E-state index contributed by atoms with van der Waals surface area (Å²) in [6, 6.07) is 22.6. The number of hydrogen-bond acceptors (Lipinski definition) is 4. The molecule has 5 heteroatoms. The van der Waals surface area contributed by atoms with E-state index in [1.54, 1.807) is 44.6 Å². The first-order valence-electron chi connectivity index (χ1n) is 8.95. The van der Waals surface area contributed by atoms with Crippen LogP contribution in [0.2, 0.25) is 0 Å². The van der Waals surface area contributed by atoms with Gasteiger partial charge in [-0.05, 0) is 47.5 Å². The van der Waals surface area contributed by atoms with Gasteiger partial charge >= 0.3 is 0 Å². The van der Waals surface area contributed by atoms with Crippen molar-refractivity contribution in [2.45, 2.75) is 13.2 Å². The molecule has 144 valence electrons. The van der Waals surface area contributed by atoms with Gasteiger partial charge in [0.15, 0.2) is 0 Å². The molecule has 5 nitrogen and oxygen atoms in total. The highest BCUT2D eigenvalue weighted by Crippen LogP contribution is 2.22. The van der Waals surface area contributed by atoms with Crippen molar-refractivity contribution >= 4 is 5.91 Å². The van der Waals surface area contributed by atoms with E-state index in [4.69, 9.17) is 14.2 Å². The van der Waals surface area contributed by atoms with E-state index in [2.05, 4.69) is 5.32 Å². The van der Waals surface area contributed by atoms with Crippen LogP contribution in [0.5, 0.6) is 17.2 Å². The van der Waals surface area contributed by atoms with Crippen molar-refractivity contribution in [3.05, 3.63) is 89.5 Å². The average molecular weight is 377 g/mol. The summed E-state index contributed by atoms with van der Waals surface area (Å²) in [7, 11) is 3.19. The van der Waals surface area contributed by atoms with Gasteiger partial charge in [0.2, 0.25) is 0 Å². The van der Waals surface area contributed by atoms with E-state index in [0.29, 0.717) is 30.2 Å². The molecule has 0 heterocycles. The minimum Gasteiger partial charge on any atom is -0.497 e. The van der Waals surface area contributed by atoms with Crippen LogP contribution in [0.25, 0.3) is 0 Å². The minimum absolute atomic E-state index is 0.156. The van der Waals surface area contributed by atoms with Gasteiger partial charge in [-0.25, -0.2) is 0 Å². The predicted molar refractivity (Wildman–Crippen MR) is 108 cm³/mol. The standard InChI is InChI=1S/C23H23NO4/c1-26-21-12-18(13-22(14-21)27-2)15-24-23(25)19-8-10-20(11-9-19)28-16-17-6-4-3-5-7-17/h3-14H,15-16H2,1-2H3,(H,24,25). The zero-order valence-electron chi connectivity index (χ0n) is 16.0. The van der Waals surface area contributed by atoms with Crippen molar-refractivity contribution in [2.75, 3.05) is 14.2 Å². The van der Waals surface area contributed by atoms with Crippen LogP contribution in [0, 0.1) is 0 Å². The summed E-state index contributed by atoms with van der Waals surface area (Å²) < 4.78 is 16.2. The molecule has 0 bridgehead atoms. The van der Waals surface area contributed by atoms with Crippen LogP contribution in [0.1, 0.15) is 21.5 Å². The first-order valence-corrected chi connectivity index (χ1v) is 8.95. The summed E-state index contributed by atoms with van der Waals surface area (Å²) in [4.78, 5) is 12.4. The second kappa shape index (κ2) is 9.46. The van der Waals surface area contributed by atoms with E-state index in [9.17, 15) is 4.79 Å². The monoisotopic (exact) mass is 377 g/mol. The lowest BCUT2D eigenvalue weighted by Gasteiger charge is -2.10. The average Bonchev–Trinajstić information content (AvgIpc) is 2.76. The summed E-state index contributed by atoms with van der Waals surface area (Å²) in [5, 5.41) is 2.90. The largest absolute Gasteiger partial charge is 0.497 e. The Morgan fingerprint density at radius 3 is 2.04 bits per heavy atom. The molecule has 28 heavy (non-hydrogen) atoms. The van der Waals surface area contributed by atoms with Crippen molar-refractivity contribution in [1.29, 1.82) is 0 Å². The fraction of sp³-hybridized carbons (Fsp3) is 0.174. The maximum Gasteiger partial charge on any atom is 0.251 e. The van der Waals surface area contributed by atoms with Crippen LogP contribution in [0.3, 0.4) is 0 Å². The van der Waals surface area contributed by atoms with Gasteiger partial charge in [-0.2, -0.15) is 0 Å². The summed E-state index contributed by atoms with van der Waals surface area (Å²) in [6.45, 7) is 0.864. The normalized spacial score (nSPS) is 10.2. The highest BCUT2D eigenvalue weighted by atomic mass is 16.5. The molecule has 0 aliphatic heterocycles. The first-order chi connectivity index (χ1) is 13.7. The summed E-state index contributed by atoms with van der Waals surface area (Å²) in [6.07, 6.45) is 0. The lowest BCUT2D eigenvalue weighted by molar-refractivity contribution is 0.0950. The van der Waals surface area contributed by atoms with Gasteiger partial charge in [0.05, 0.1) is 14.2 Å². The van der Waals surface area contributed by atoms with Crippen LogP contribution in [0.4, 0.5) is 0 Å². The molecule has 0 unspecified atom stereocenters. The van der Waals surface area contributed by atoms with E-state index in [1.807, 2.05) is 42.5 Å². The Kier molecular flexibility index (Phi) is 6.52. The molecule has 0 saturated carbocycles. The molecule has 3 rings (SSSR count). The number of hydrogen-bond donors (Lipinski definition) is 1. The number of carbonyl (C=O) groups is 1. The smallest absolute Gasteiger partial charge is 0.251 e. The van der Waals surface area contributed by atoms with Gasteiger partial charge in [0, 0.05) is 18.2 Å². The number of carbonyl (C=O) groups excluding carboxylic acids is 1. The van der Waals surface area contributed by atoms with Gasteiger partial charge in [0.25, 0.3) is 5.91 Å². The Balaban J connectivity index is 1.56. The summed E-state index contributed by atoms with van der Waals surface area (Å²) in [5.74, 6) is 1.93. The highest BCUT2D eigenvalue weighted by molar-refractivity contribution is 5.94. The van der Waals surface area contributed by atoms with Crippen LogP contribution in [-0.4, -0.2) is 20.1 Å². The van der Waals surface area contributed by atoms with E-state index in [-0.39, 0.29) is 5.91 Å². The molecule has 1 N–H and O–H groups in total. The number of amides is 1. The summed E-state index contributed by atoms with van der Waals surface area (Å²) >= 11 is 0. The van der Waals surface area contributed by atoms with Gasteiger partial charge < -0.3 is 19.5 Å². The van der Waals surface area contributed by atoms with E-state index >= 15 is 0 Å². The minimum atomic E-state index is -0.156. The number of benzene rings is 3. The highest BCUT2D eigenvalue weighted by Gasteiger charge is 2.08. The Morgan fingerprint density at radius 1 is 0.786 bits per heavy atom. The van der Waals surface area contributed by atoms with Gasteiger partial charge in [-0.3, -0.25) is 4.79 Å². The molecule has 0 radical (unpaired) electrons. The second-order valence-corrected chi connectivity index (χ2v) is 6.20. The maximum absolute atomic E-state index is 12.4. The lowest BCUT2D eigenvalue weighted by Crippen LogP contribution is -2.22. The fourth-order valence-electron chi connectivity index (χ4n) is 2.70. The van der Waals surface area contributed by atoms with Crippen molar-refractivity contribution in [3.8, 4) is 17.2 Å². The fourth-order valence-corrected chi connectivity index (χ4v) is 2.70. The quantitative estimate of drug-likeness (QED) is 0.639. The van der Waals surface area contributed by atoms with Crippen molar-refractivity contribution < 1.29 is 19.0 Å². The SMILES string of the molecule is COc1cc(CNC(=O)c2ccc(OCc3ccccc3)cc2)cc(OC)c1. The van der Waals surface area contributed by atoms with Crippen LogP contribution in [0.15, 0.2) is 72.8 Å². The van der Waals surface area contributed by atoms with Crippen molar-refractivity contribution in [2.24, 2.45) is 0 Å². The zero-order chi connectivity index (χ0) is 19.8. The number of ether oxygens (including phenoxy) is 3. The van der Waals surface area contributed by atoms with Gasteiger partial charge in [-0.1, -0.05) is 30.3 Å².